The Hall–Kier alpha value is -3.70. The van der Waals surface area contributed by atoms with Gasteiger partial charge in [-0.2, -0.15) is 0 Å². The number of nitrogens with one attached hydrogen (secondary N) is 1. The molecule has 0 saturated heterocycles. The molecule has 0 aliphatic carbocycles. The van der Waals surface area contributed by atoms with Gasteiger partial charge >= 0.3 is 0 Å². The van der Waals surface area contributed by atoms with Crippen LogP contribution in [0.15, 0.2) is 66.7 Å². The van der Waals surface area contributed by atoms with Crippen molar-refractivity contribution >= 4 is 31.6 Å². The molecule has 1 N–H and O–H groups in total. The Kier molecular flexibility index (Phi) is 8.24. The molecule has 1 amide bonds. The summed E-state index contributed by atoms with van der Waals surface area (Å²) in [6, 6.07) is 18.0. The molecule has 1 unspecified atom stereocenters. The number of hydrogen-bond acceptors (Lipinski definition) is 8. The van der Waals surface area contributed by atoms with E-state index in [9.17, 15) is 17.4 Å². The number of aryl methyl sites for hydroxylation is 1. The van der Waals surface area contributed by atoms with Crippen LogP contribution in [0.2, 0.25) is 0 Å². The van der Waals surface area contributed by atoms with E-state index in [0.717, 1.165) is 5.56 Å². The van der Waals surface area contributed by atoms with Gasteiger partial charge in [-0.05, 0) is 54.8 Å². The second-order valence-electron chi connectivity index (χ2n) is 8.37. The number of aromatic nitrogens is 1. The molecule has 37 heavy (non-hydrogen) atoms. The minimum absolute atomic E-state index is 0.0683. The quantitative estimate of drug-likeness (QED) is 0.364. The van der Waals surface area contributed by atoms with E-state index in [-0.39, 0.29) is 18.3 Å². The Balaban J connectivity index is 1.32. The number of carbonyl (C=O) groups is 1. The minimum atomic E-state index is -3.01. The molecule has 1 aliphatic rings. The monoisotopic (exact) mass is 542 g/mol. The van der Waals surface area contributed by atoms with Crippen molar-refractivity contribution in [2.75, 3.05) is 18.6 Å². The van der Waals surface area contributed by atoms with Crippen molar-refractivity contribution in [1.82, 2.24) is 9.71 Å². The predicted octanol–water partition coefficient (Wildman–Crippen LogP) is 3.71. The van der Waals surface area contributed by atoms with E-state index < -0.39 is 20.8 Å². The Morgan fingerprint density at radius 2 is 1.78 bits per heavy atom. The number of hydrogen-bond donors (Lipinski definition) is 1. The Labute approximate surface area is 218 Å². The van der Waals surface area contributed by atoms with Crippen molar-refractivity contribution in [3.05, 3.63) is 83.6 Å². The van der Waals surface area contributed by atoms with Crippen molar-refractivity contribution in [2.24, 2.45) is 0 Å². The number of nitrogens with zero attached hydrogens (tertiary/aromatic N) is 1. The number of ether oxygens (including phenoxy) is 3. The zero-order chi connectivity index (χ0) is 26.4. The molecule has 11 heteroatoms. The maximum atomic E-state index is 11.9. The number of amides is 1. The van der Waals surface area contributed by atoms with Crippen LogP contribution >= 0.6 is 0 Å². The van der Waals surface area contributed by atoms with Crippen molar-refractivity contribution in [3.8, 4) is 23.1 Å². The normalized spacial score (nSPS) is 15.1. The molecule has 2 aromatic carbocycles. The third kappa shape index (κ3) is 7.64. The number of sulfone groups is 1. The van der Waals surface area contributed by atoms with Crippen LogP contribution in [-0.4, -0.2) is 42.1 Å². The second kappa shape index (κ2) is 11.6. The molecule has 0 bridgehead atoms. The highest BCUT2D eigenvalue weighted by Crippen LogP contribution is 2.27. The van der Waals surface area contributed by atoms with Crippen molar-refractivity contribution < 1.29 is 31.6 Å². The summed E-state index contributed by atoms with van der Waals surface area (Å²) in [6.45, 7) is 2.37. The minimum Gasteiger partial charge on any atom is -0.489 e. The zero-order valence-electron chi connectivity index (χ0n) is 20.3. The molecule has 2 heterocycles. The van der Waals surface area contributed by atoms with Gasteiger partial charge in [0.25, 0.3) is 5.91 Å². The van der Waals surface area contributed by atoms with Gasteiger partial charge in [0.1, 0.15) is 33.7 Å². The molecule has 0 spiro atoms. The number of benzene rings is 2. The summed E-state index contributed by atoms with van der Waals surface area (Å²) < 4.78 is 54.1. The summed E-state index contributed by atoms with van der Waals surface area (Å²) in [7, 11) is -4.55. The Morgan fingerprint density at radius 1 is 1.00 bits per heavy atom. The second-order valence-corrected chi connectivity index (χ2v) is 11.8. The standard InChI is InChI=1S/C26H26N2O7S2/c1-18-23(11-12-26(27-18)33-13-4-14-37(2,31)32)35-22-6-3-5-19(15-22)17-34-21-9-7-20(8-10-21)24-16-25(29)28-36(24)30/h3,5-12,15-16H,4,13-14,17H2,1-2H3,(H,28,29). The van der Waals surface area contributed by atoms with E-state index in [1.165, 1.54) is 12.3 Å². The smallest absolute Gasteiger partial charge is 0.257 e. The summed E-state index contributed by atoms with van der Waals surface area (Å²) in [6.07, 6.45) is 2.93. The molecule has 1 aliphatic heterocycles. The first-order valence-corrected chi connectivity index (χ1v) is 14.6. The van der Waals surface area contributed by atoms with E-state index in [1.54, 1.807) is 43.3 Å². The third-order valence-electron chi connectivity index (χ3n) is 5.25. The average Bonchev–Trinajstić information content (AvgIpc) is 3.20. The summed E-state index contributed by atoms with van der Waals surface area (Å²) in [5.74, 6) is 1.93. The van der Waals surface area contributed by atoms with Gasteiger partial charge in [0, 0.05) is 18.4 Å². The molecule has 0 saturated carbocycles. The van der Waals surface area contributed by atoms with Gasteiger partial charge in [0.2, 0.25) is 5.88 Å². The van der Waals surface area contributed by atoms with Crippen LogP contribution in [0.3, 0.4) is 0 Å². The third-order valence-corrected chi connectivity index (χ3v) is 7.42. The zero-order valence-corrected chi connectivity index (χ0v) is 21.9. The summed E-state index contributed by atoms with van der Waals surface area (Å²) in [4.78, 5) is 16.2. The summed E-state index contributed by atoms with van der Waals surface area (Å²) >= 11 is 0. The Bertz CT molecular complexity index is 1450. The largest absolute Gasteiger partial charge is 0.489 e. The molecular weight excluding hydrogens is 516 g/mol. The van der Waals surface area contributed by atoms with Gasteiger partial charge in [0.05, 0.1) is 23.0 Å². The van der Waals surface area contributed by atoms with Crippen molar-refractivity contribution in [2.45, 2.75) is 20.0 Å². The molecule has 1 atom stereocenters. The van der Waals surface area contributed by atoms with E-state index >= 15 is 0 Å². The van der Waals surface area contributed by atoms with Crippen LogP contribution in [0.25, 0.3) is 4.91 Å². The lowest BCUT2D eigenvalue weighted by molar-refractivity contribution is -0.114. The van der Waals surface area contributed by atoms with Gasteiger partial charge in [-0.1, -0.05) is 24.3 Å². The fourth-order valence-electron chi connectivity index (χ4n) is 3.46. The van der Waals surface area contributed by atoms with Crippen molar-refractivity contribution in [1.29, 1.82) is 0 Å². The topological polar surface area (TPSA) is 121 Å². The Morgan fingerprint density at radius 3 is 2.46 bits per heavy atom. The van der Waals surface area contributed by atoms with Gasteiger partial charge in [-0.3, -0.25) is 9.52 Å². The molecular formula is C26H26N2O7S2. The predicted molar refractivity (Wildman–Crippen MR) is 140 cm³/mol. The van der Waals surface area contributed by atoms with Gasteiger partial charge in [-0.15, -0.1) is 0 Å². The molecule has 0 fully saturated rings. The van der Waals surface area contributed by atoms with Crippen LogP contribution in [0.1, 0.15) is 23.2 Å². The lowest BCUT2D eigenvalue weighted by Gasteiger charge is -2.12. The van der Waals surface area contributed by atoms with Gasteiger partial charge < -0.3 is 14.2 Å². The number of carbonyl (C=O) groups excluding carboxylic acids is 1. The maximum Gasteiger partial charge on any atom is 0.257 e. The lowest BCUT2D eigenvalue weighted by Crippen LogP contribution is -2.16. The molecule has 194 valence electrons. The highest BCUT2D eigenvalue weighted by Gasteiger charge is 2.20. The SMILES string of the molecule is Cc1nc(OCCCS(C)(=O)=O)ccc1Oc1cccc(COc2ccc(C3=CC(=O)NS3=O)cc2)c1. The highest BCUT2D eigenvalue weighted by atomic mass is 32.2. The van der Waals surface area contributed by atoms with Gasteiger partial charge in [-0.25, -0.2) is 17.6 Å². The van der Waals surface area contributed by atoms with Crippen LogP contribution in [0, 0.1) is 6.92 Å². The van der Waals surface area contributed by atoms with Crippen molar-refractivity contribution in [3.63, 3.8) is 0 Å². The van der Waals surface area contributed by atoms with E-state index in [0.29, 0.717) is 52.3 Å². The van der Waals surface area contributed by atoms with Crippen LogP contribution in [0.5, 0.6) is 23.1 Å². The summed E-state index contributed by atoms with van der Waals surface area (Å²) in [5.41, 5.74) is 2.22. The average molecular weight is 543 g/mol. The number of pyridine rings is 1. The first-order chi connectivity index (χ1) is 17.7. The first kappa shape index (κ1) is 26.4. The van der Waals surface area contributed by atoms with E-state index in [1.807, 2.05) is 24.3 Å². The van der Waals surface area contributed by atoms with Crippen LogP contribution < -0.4 is 18.9 Å². The molecule has 0 radical (unpaired) electrons. The summed E-state index contributed by atoms with van der Waals surface area (Å²) in [5, 5.41) is 0. The molecule has 9 nitrogen and oxygen atoms in total. The maximum absolute atomic E-state index is 11.9. The highest BCUT2D eigenvalue weighted by molar-refractivity contribution is 7.94. The lowest BCUT2D eigenvalue weighted by atomic mass is 10.2. The van der Waals surface area contributed by atoms with Crippen LogP contribution in [-0.2, 0) is 32.2 Å². The van der Waals surface area contributed by atoms with E-state index in [4.69, 9.17) is 14.2 Å². The molecule has 3 aromatic rings. The molecule has 4 rings (SSSR count). The first-order valence-electron chi connectivity index (χ1n) is 11.4. The fourth-order valence-corrected chi connectivity index (χ4v) is 5.02. The number of rotatable bonds is 11. The van der Waals surface area contributed by atoms with Gasteiger partial charge in [0.15, 0.2) is 11.0 Å². The fraction of sp³-hybridized carbons (Fsp3) is 0.231. The van der Waals surface area contributed by atoms with Crippen LogP contribution in [0.4, 0.5) is 0 Å². The molecule has 1 aromatic heterocycles. The van der Waals surface area contributed by atoms with E-state index in [2.05, 4.69) is 9.71 Å².